The van der Waals surface area contributed by atoms with Crippen molar-refractivity contribution >= 4 is 40.8 Å². The average Bonchev–Trinajstić information content (AvgIpc) is 3.00. The van der Waals surface area contributed by atoms with Crippen molar-refractivity contribution < 1.29 is 18.7 Å². The number of aryl methyl sites for hydroxylation is 1. The lowest BCUT2D eigenvalue weighted by molar-refractivity contribution is -0.123. The molecule has 1 atom stereocenters. The first-order chi connectivity index (χ1) is 14.2. The van der Waals surface area contributed by atoms with Crippen molar-refractivity contribution in [3.8, 4) is 5.69 Å². The molecule has 3 aromatic rings. The molecule has 0 aliphatic heterocycles. The van der Waals surface area contributed by atoms with Crippen LogP contribution in [0.5, 0.6) is 0 Å². The van der Waals surface area contributed by atoms with Gasteiger partial charge in [0.25, 0.3) is 5.91 Å². The smallest absolute Gasteiger partial charge is 0.340 e. The normalized spacial score (nSPS) is 11.8. The van der Waals surface area contributed by atoms with E-state index in [4.69, 9.17) is 27.9 Å². The summed E-state index contributed by atoms with van der Waals surface area (Å²) in [7, 11) is 0. The molecule has 5 nitrogen and oxygen atoms in total. The van der Waals surface area contributed by atoms with Gasteiger partial charge in [0, 0.05) is 17.1 Å². The first-order valence-electron chi connectivity index (χ1n) is 9.09. The highest BCUT2D eigenvalue weighted by atomic mass is 35.5. The van der Waals surface area contributed by atoms with Crippen LogP contribution in [-0.4, -0.2) is 22.5 Å². The van der Waals surface area contributed by atoms with Crippen LogP contribution < -0.4 is 5.32 Å². The minimum atomic E-state index is -1.07. The highest BCUT2D eigenvalue weighted by Gasteiger charge is 2.23. The number of nitrogens with zero attached hydrogens (tertiary/aromatic N) is 1. The van der Waals surface area contributed by atoms with E-state index in [1.165, 1.54) is 19.1 Å². The Morgan fingerprint density at radius 3 is 2.43 bits per heavy atom. The Hall–Kier alpha value is -2.83. The van der Waals surface area contributed by atoms with E-state index in [0.717, 1.165) is 5.69 Å². The van der Waals surface area contributed by atoms with Crippen LogP contribution in [0.3, 0.4) is 0 Å². The number of carbonyl (C=O) groups excluding carboxylic acids is 2. The molecule has 1 aromatic heterocycles. The van der Waals surface area contributed by atoms with Crippen LogP contribution in [0.1, 0.15) is 28.7 Å². The number of nitrogens with one attached hydrogen (secondary N) is 1. The summed E-state index contributed by atoms with van der Waals surface area (Å²) in [5.74, 6) is -1.53. The van der Waals surface area contributed by atoms with Crippen molar-refractivity contribution in [2.75, 3.05) is 5.32 Å². The van der Waals surface area contributed by atoms with Gasteiger partial charge in [0.05, 0.1) is 21.3 Å². The molecule has 0 radical (unpaired) electrons. The molecule has 0 aliphatic rings. The fourth-order valence-electron chi connectivity index (χ4n) is 3.07. The number of benzene rings is 2. The predicted molar refractivity (Wildman–Crippen MR) is 115 cm³/mol. The largest absolute Gasteiger partial charge is 0.449 e. The second kappa shape index (κ2) is 8.90. The predicted octanol–water partition coefficient (Wildman–Crippen LogP) is 5.72. The standard InChI is InChI=1S/C22H19Cl2FN2O3/c1-12-11-17(13(2)27(12)16-9-7-15(25)8-10-16)22(29)30-14(3)21(28)26-19-6-4-5-18(23)20(19)24/h4-11,14H,1-3H3,(H,26,28). The van der Waals surface area contributed by atoms with Gasteiger partial charge in [-0.05, 0) is 63.2 Å². The zero-order chi connectivity index (χ0) is 22.0. The summed E-state index contributed by atoms with van der Waals surface area (Å²) in [4.78, 5) is 25.1. The highest BCUT2D eigenvalue weighted by Crippen LogP contribution is 2.29. The van der Waals surface area contributed by atoms with Crippen LogP contribution in [0.4, 0.5) is 10.1 Å². The second-order valence-corrected chi connectivity index (χ2v) is 7.52. The zero-order valence-electron chi connectivity index (χ0n) is 16.5. The minimum absolute atomic E-state index is 0.203. The van der Waals surface area contributed by atoms with Gasteiger partial charge in [0.15, 0.2) is 6.10 Å². The number of anilines is 1. The highest BCUT2D eigenvalue weighted by molar-refractivity contribution is 6.44. The summed E-state index contributed by atoms with van der Waals surface area (Å²) in [5.41, 5.74) is 2.75. The maximum absolute atomic E-state index is 13.2. The first-order valence-corrected chi connectivity index (χ1v) is 9.85. The van der Waals surface area contributed by atoms with Gasteiger partial charge in [-0.2, -0.15) is 0 Å². The fourth-order valence-corrected chi connectivity index (χ4v) is 3.42. The van der Waals surface area contributed by atoms with Crippen molar-refractivity contribution in [2.45, 2.75) is 26.9 Å². The fraction of sp³-hybridized carbons (Fsp3) is 0.182. The number of halogens is 3. The molecule has 3 rings (SSSR count). The van der Waals surface area contributed by atoms with E-state index < -0.39 is 18.0 Å². The first kappa shape index (κ1) is 21.9. The third-order valence-corrected chi connectivity index (χ3v) is 5.42. The topological polar surface area (TPSA) is 60.3 Å². The summed E-state index contributed by atoms with van der Waals surface area (Å²) in [6, 6.07) is 12.4. The van der Waals surface area contributed by atoms with Crippen LogP contribution in [0.15, 0.2) is 48.5 Å². The summed E-state index contributed by atoms with van der Waals surface area (Å²) < 4.78 is 20.4. The van der Waals surface area contributed by atoms with Crippen molar-refractivity contribution in [2.24, 2.45) is 0 Å². The van der Waals surface area contributed by atoms with E-state index in [0.29, 0.717) is 27.7 Å². The monoisotopic (exact) mass is 448 g/mol. The van der Waals surface area contributed by atoms with Crippen LogP contribution in [0.2, 0.25) is 10.0 Å². The Labute approximate surface area is 183 Å². The van der Waals surface area contributed by atoms with E-state index in [1.807, 2.05) is 11.5 Å². The van der Waals surface area contributed by atoms with E-state index in [2.05, 4.69) is 5.32 Å². The van der Waals surface area contributed by atoms with Gasteiger partial charge in [0.2, 0.25) is 0 Å². The molecular weight excluding hydrogens is 430 g/mol. The average molecular weight is 449 g/mol. The van der Waals surface area contributed by atoms with Crippen LogP contribution in [0.25, 0.3) is 5.69 Å². The lowest BCUT2D eigenvalue weighted by Crippen LogP contribution is -2.30. The number of ether oxygens (including phenoxy) is 1. The Balaban J connectivity index is 1.75. The van der Waals surface area contributed by atoms with Gasteiger partial charge in [-0.1, -0.05) is 29.3 Å². The van der Waals surface area contributed by atoms with E-state index in [9.17, 15) is 14.0 Å². The van der Waals surface area contributed by atoms with Gasteiger partial charge in [-0.15, -0.1) is 0 Å². The molecule has 0 bridgehead atoms. The lowest BCUT2D eigenvalue weighted by Gasteiger charge is -2.15. The van der Waals surface area contributed by atoms with Crippen molar-refractivity contribution in [3.05, 3.63) is 81.3 Å². The molecule has 8 heteroatoms. The third-order valence-electron chi connectivity index (χ3n) is 4.60. The summed E-state index contributed by atoms with van der Waals surface area (Å²) in [6.45, 7) is 5.04. The van der Waals surface area contributed by atoms with Crippen LogP contribution in [0, 0.1) is 19.7 Å². The number of hydrogen-bond donors (Lipinski definition) is 1. The number of amides is 1. The van der Waals surface area contributed by atoms with E-state index in [-0.39, 0.29) is 10.8 Å². The molecule has 0 saturated heterocycles. The molecule has 0 fully saturated rings. The van der Waals surface area contributed by atoms with E-state index in [1.54, 1.807) is 43.3 Å². The van der Waals surface area contributed by atoms with Gasteiger partial charge in [-0.25, -0.2) is 9.18 Å². The maximum Gasteiger partial charge on any atom is 0.340 e. The Morgan fingerprint density at radius 1 is 1.10 bits per heavy atom. The summed E-state index contributed by atoms with van der Waals surface area (Å²) >= 11 is 12.0. The van der Waals surface area contributed by atoms with E-state index >= 15 is 0 Å². The SMILES string of the molecule is Cc1cc(C(=O)OC(C)C(=O)Nc2cccc(Cl)c2Cl)c(C)n1-c1ccc(F)cc1. The molecule has 0 saturated carbocycles. The number of hydrogen-bond acceptors (Lipinski definition) is 3. The Kier molecular flexibility index (Phi) is 6.48. The minimum Gasteiger partial charge on any atom is -0.449 e. The van der Waals surface area contributed by atoms with Crippen molar-refractivity contribution in [1.29, 1.82) is 0 Å². The third kappa shape index (κ3) is 4.50. The molecule has 2 aromatic carbocycles. The molecule has 0 spiro atoms. The van der Waals surface area contributed by atoms with Gasteiger partial charge in [0.1, 0.15) is 5.82 Å². The quantitative estimate of drug-likeness (QED) is 0.507. The van der Waals surface area contributed by atoms with Crippen LogP contribution >= 0.6 is 23.2 Å². The molecule has 0 aliphatic carbocycles. The number of esters is 1. The molecule has 1 amide bonds. The van der Waals surface area contributed by atoms with Gasteiger partial charge >= 0.3 is 5.97 Å². The Bertz CT molecular complexity index is 1110. The lowest BCUT2D eigenvalue weighted by atomic mass is 10.2. The maximum atomic E-state index is 13.2. The van der Waals surface area contributed by atoms with Crippen molar-refractivity contribution in [1.82, 2.24) is 4.57 Å². The number of aromatic nitrogens is 1. The molecular formula is C22H19Cl2FN2O3. The molecule has 1 heterocycles. The van der Waals surface area contributed by atoms with Crippen molar-refractivity contribution in [3.63, 3.8) is 0 Å². The molecule has 30 heavy (non-hydrogen) atoms. The summed E-state index contributed by atoms with van der Waals surface area (Å²) in [6.07, 6.45) is -1.07. The molecule has 1 unspecified atom stereocenters. The Morgan fingerprint density at radius 2 is 1.77 bits per heavy atom. The van der Waals surface area contributed by atoms with Gasteiger partial charge < -0.3 is 14.6 Å². The molecule has 1 N–H and O–H groups in total. The number of carbonyl (C=O) groups is 2. The van der Waals surface area contributed by atoms with Crippen LogP contribution in [-0.2, 0) is 9.53 Å². The molecule has 156 valence electrons. The van der Waals surface area contributed by atoms with Gasteiger partial charge in [-0.3, -0.25) is 4.79 Å². The zero-order valence-corrected chi connectivity index (χ0v) is 18.0. The summed E-state index contributed by atoms with van der Waals surface area (Å²) in [5, 5.41) is 3.10. The second-order valence-electron chi connectivity index (χ2n) is 6.73. The number of rotatable bonds is 5.